The number of nitrogens with one attached hydrogen (secondary N) is 1. The number of aliphatic imine (C=N–C) groups is 1. The van der Waals surface area contributed by atoms with Crippen LogP contribution in [0.4, 0.5) is 5.69 Å². The van der Waals surface area contributed by atoms with Crippen LogP contribution in [-0.2, 0) is 4.74 Å². The van der Waals surface area contributed by atoms with E-state index in [2.05, 4.69) is 10.3 Å². The molecule has 0 aliphatic carbocycles. The first-order valence-corrected chi connectivity index (χ1v) is 7.60. The summed E-state index contributed by atoms with van der Waals surface area (Å²) in [5.74, 6) is 1.27. The molecule has 0 radical (unpaired) electrons. The Labute approximate surface area is 149 Å². The Bertz CT molecular complexity index is 445. The topological polar surface area (TPSA) is 68.9 Å². The predicted molar refractivity (Wildman–Crippen MR) is 101 cm³/mol. The van der Waals surface area contributed by atoms with E-state index in [-0.39, 0.29) is 24.0 Å². The van der Waals surface area contributed by atoms with E-state index >= 15 is 0 Å². The SMILES string of the molecule is COc1ccc(NC(N)=NCCCC2CCCCO2)cc1.I. The molecule has 0 bridgehead atoms. The molecule has 5 nitrogen and oxygen atoms in total. The molecule has 1 saturated heterocycles. The lowest BCUT2D eigenvalue weighted by Gasteiger charge is -2.22. The van der Waals surface area contributed by atoms with E-state index in [0.29, 0.717) is 12.1 Å². The highest BCUT2D eigenvalue weighted by atomic mass is 127. The van der Waals surface area contributed by atoms with Gasteiger partial charge in [0.25, 0.3) is 0 Å². The van der Waals surface area contributed by atoms with E-state index in [0.717, 1.165) is 37.4 Å². The van der Waals surface area contributed by atoms with E-state index in [9.17, 15) is 0 Å². The van der Waals surface area contributed by atoms with Crippen LogP contribution in [0.2, 0.25) is 0 Å². The normalized spacial score (nSPS) is 18.4. The summed E-state index contributed by atoms with van der Waals surface area (Å²) in [6.45, 7) is 1.64. The summed E-state index contributed by atoms with van der Waals surface area (Å²) >= 11 is 0. The quantitative estimate of drug-likeness (QED) is 0.321. The highest BCUT2D eigenvalue weighted by molar-refractivity contribution is 14.0. The fourth-order valence-electron chi connectivity index (χ4n) is 2.42. The third kappa shape index (κ3) is 6.83. The molecule has 2 rings (SSSR count). The van der Waals surface area contributed by atoms with Crippen LogP contribution in [0.15, 0.2) is 29.3 Å². The Morgan fingerprint density at radius 3 is 2.77 bits per heavy atom. The van der Waals surface area contributed by atoms with Crippen LogP contribution in [0.3, 0.4) is 0 Å². The van der Waals surface area contributed by atoms with Gasteiger partial charge < -0.3 is 20.5 Å². The van der Waals surface area contributed by atoms with Gasteiger partial charge in [0.1, 0.15) is 5.75 Å². The zero-order chi connectivity index (χ0) is 14.9. The number of nitrogens with two attached hydrogens (primary N) is 1. The molecule has 3 N–H and O–H groups in total. The number of ether oxygens (including phenoxy) is 2. The summed E-state index contributed by atoms with van der Waals surface area (Å²) in [6, 6.07) is 7.60. The first-order valence-electron chi connectivity index (χ1n) is 7.60. The van der Waals surface area contributed by atoms with Gasteiger partial charge in [0.05, 0.1) is 13.2 Å². The zero-order valence-corrected chi connectivity index (χ0v) is 15.4. The van der Waals surface area contributed by atoms with Crippen molar-refractivity contribution in [2.45, 2.75) is 38.2 Å². The van der Waals surface area contributed by atoms with Gasteiger partial charge in [0, 0.05) is 18.8 Å². The molecule has 1 aromatic carbocycles. The first kappa shape index (κ1) is 19.0. The number of nitrogens with zero attached hydrogens (tertiary/aromatic N) is 1. The molecule has 0 spiro atoms. The fraction of sp³-hybridized carbons (Fsp3) is 0.562. The average molecular weight is 419 g/mol. The Kier molecular flexibility index (Phi) is 9.22. The minimum atomic E-state index is 0. The van der Waals surface area contributed by atoms with E-state index in [1.54, 1.807) is 7.11 Å². The molecule has 0 aromatic heterocycles. The Morgan fingerprint density at radius 2 is 2.14 bits per heavy atom. The molecule has 1 aromatic rings. The van der Waals surface area contributed by atoms with Gasteiger partial charge in [-0.3, -0.25) is 4.99 Å². The molecule has 1 aliphatic heterocycles. The standard InChI is InChI=1S/C16H25N3O2.HI/c1-20-14-9-7-13(8-10-14)19-16(17)18-11-4-6-15-5-2-3-12-21-15;/h7-10,15H,2-6,11-12H2,1H3,(H3,17,18,19);1H. The van der Waals surface area contributed by atoms with Crippen LogP contribution >= 0.6 is 24.0 Å². The smallest absolute Gasteiger partial charge is 0.193 e. The van der Waals surface area contributed by atoms with Gasteiger partial charge in [-0.25, -0.2) is 0 Å². The molecular formula is C16H26IN3O2. The summed E-state index contributed by atoms with van der Waals surface area (Å²) in [7, 11) is 1.65. The Morgan fingerprint density at radius 1 is 1.36 bits per heavy atom. The summed E-state index contributed by atoms with van der Waals surface area (Å²) in [6.07, 6.45) is 6.17. The number of benzene rings is 1. The van der Waals surface area contributed by atoms with Crippen molar-refractivity contribution in [2.75, 3.05) is 25.6 Å². The van der Waals surface area contributed by atoms with Crippen molar-refractivity contribution >= 4 is 35.6 Å². The van der Waals surface area contributed by atoms with Crippen LogP contribution in [-0.4, -0.2) is 32.3 Å². The number of hydrogen-bond donors (Lipinski definition) is 2. The third-order valence-electron chi connectivity index (χ3n) is 3.60. The van der Waals surface area contributed by atoms with Crippen molar-refractivity contribution in [1.29, 1.82) is 0 Å². The monoisotopic (exact) mass is 419 g/mol. The predicted octanol–water partition coefficient (Wildman–Crippen LogP) is 3.39. The second kappa shape index (κ2) is 10.7. The van der Waals surface area contributed by atoms with E-state index in [4.69, 9.17) is 15.2 Å². The fourth-order valence-corrected chi connectivity index (χ4v) is 2.42. The molecule has 1 unspecified atom stereocenters. The number of anilines is 1. The number of hydrogen-bond acceptors (Lipinski definition) is 3. The van der Waals surface area contributed by atoms with E-state index < -0.39 is 0 Å². The van der Waals surface area contributed by atoms with Crippen LogP contribution in [0.1, 0.15) is 32.1 Å². The van der Waals surface area contributed by atoms with Crippen LogP contribution < -0.4 is 15.8 Å². The van der Waals surface area contributed by atoms with Gasteiger partial charge in [-0.15, -0.1) is 24.0 Å². The maximum absolute atomic E-state index is 5.87. The summed E-state index contributed by atoms with van der Waals surface area (Å²) in [5.41, 5.74) is 6.78. The van der Waals surface area contributed by atoms with Gasteiger partial charge in [0.15, 0.2) is 5.96 Å². The second-order valence-corrected chi connectivity index (χ2v) is 5.25. The molecule has 1 fully saturated rings. The maximum atomic E-state index is 5.87. The summed E-state index contributed by atoms with van der Waals surface area (Å²) in [4.78, 5) is 4.34. The molecule has 6 heteroatoms. The van der Waals surface area contributed by atoms with Gasteiger partial charge in [-0.2, -0.15) is 0 Å². The maximum Gasteiger partial charge on any atom is 0.193 e. The second-order valence-electron chi connectivity index (χ2n) is 5.25. The number of rotatable bonds is 6. The van der Waals surface area contributed by atoms with Crippen molar-refractivity contribution in [1.82, 2.24) is 0 Å². The molecular weight excluding hydrogens is 393 g/mol. The average Bonchev–Trinajstić information content (AvgIpc) is 2.53. The van der Waals surface area contributed by atoms with Crippen molar-refractivity contribution in [2.24, 2.45) is 10.7 Å². The van der Waals surface area contributed by atoms with Crippen LogP contribution in [0.5, 0.6) is 5.75 Å². The van der Waals surface area contributed by atoms with Gasteiger partial charge in [0.2, 0.25) is 0 Å². The van der Waals surface area contributed by atoms with Gasteiger partial charge >= 0.3 is 0 Å². The summed E-state index contributed by atoms with van der Waals surface area (Å²) < 4.78 is 10.8. The third-order valence-corrected chi connectivity index (χ3v) is 3.60. The number of halogens is 1. The van der Waals surface area contributed by atoms with Crippen LogP contribution in [0, 0.1) is 0 Å². The first-order chi connectivity index (χ1) is 10.3. The molecule has 1 atom stereocenters. The zero-order valence-electron chi connectivity index (χ0n) is 13.1. The number of guanidine groups is 1. The van der Waals surface area contributed by atoms with E-state index in [1.165, 1.54) is 19.3 Å². The van der Waals surface area contributed by atoms with E-state index in [1.807, 2.05) is 24.3 Å². The van der Waals surface area contributed by atoms with Crippen molar-refractivity contribution in [3.05, 3.63) is 24.3 Å². The van der Waals surface area contributed by atoms with Crippen LogP contribution in [0.25, 0.3) is 0 Å². The molecule has 0 saturated carbocycles. The highest BCUT2D eigenvalue weighted by Crippen LogP contribution is 2.17. The molecule has 0 amide bonds. The lowest BCUT2D eigenvalue weighted by atomic mass is 10.1. The van der Waals surface area contributed by atoms with Gasteiger partial charge in [-0.1, -0.05) is 0 Å². The van der Waals surface area contributed by atoms with Crippen molar-refractivity contribution in [3.8, 4) is 5.75 Å². The minimum Gasteiger partial charge on any atom is -0.497 e. The Hall–Kier alpha value is -1.02. The molecule has 124 valence electrons. The van der Waals surface area contributed by atoms with Gasteiger partial charge in [-0.05, 0) is 56.4 Å². The summed E-state index contributed by atoms with van der Waals surface area (Å²) in [5, 5.41) is 3.07. The Balaban J connectivity index is 0.00000242. The lowest BCUT2D eigenvalue weighted by molar-refractivity contribution is 0.0105. The van der Waals surface area contributed by atoms with Crippen molar-refractivity contribution < 1.29 is 9.47 Å². The molecule has 1 aliphatic rings. The largest absolute Gasteiger partial charge is 0.497 e. The lowest BCUT2D eigenvalue weighted by Crippen LogP contribution is -2.23. The van der Waals surface area contributed by atoms with Crippen molar-refractivity contribution in [3.63, 3.8) is 0 Å². The molecule has 22 heavy (non-hydrogen) atoms. The number of methoxy groups -OCH3 is 1. The minimum absolute atomic E-state index is 0. The highest BCUT2D eigenvalue weighted by Gasteiger charge is 2.12. The molecule has 1 heterocycles.